The summed E-state index contributed by atoms with van der Waals surface area (Å²) in [5.41, 5.74) is 9.15. The van der Waals surface area contributed by atoms with E-state index in [0.717, 1.165) is 16.8 Å². The van der Waals surface area contributed by atoms with Crippen molar-refractivity contribution in [2.24, 2.45) is 7.05 Å². The molecule has 0 radical (unpaired) electrons. The predicted molar refractivity (Wildman–Crippen MR) is 120 cm³/mol. The molecular formula is C21H28N6O3S. The Hall–Kier alpha value is -2.82. The topological polar surface area (TPSA) is 136 Å². The molecule has 0 aliphatic heterocycles. The van der Waals surface area contributed by atoms with Crippen LogP contribution in [0.25, 0.3) is 22.5 Å². The number of anilines is 1. The van der Waals surface area contributed by atoms with Crippen LogP contribution in [0.15, 0.2) is 35.5 Å². The second-order valence-electron chi connectivity index (χ2n) is 8.23. The summed E-state index contributed by atoms with van der Waals surface area (Å²) in [5, 5.41) is 14.1. The van der Waals surface area contributed by atoms with Gasteiger partial charge in [0.1, 0.15) is 11.5 Å². The van der Waals surface area contributed by atoms with E-state index in [-0.39, 0.29) is 17.3 Å². The number of nitrogens with one attached hydrogen (secondary N) is 1. The summed E-state index contributed by atoms with van der Waals surface area (Å²) < 4.78 is 29.7. The lowest BCUT2D eigenvalue weighted by atomic mass is 10.1. The minimum atomic E-state index is -3.75. The fourth-order valence-corrected chi connectivity index (χ4v) is 4.23. The van der Waals surface area contributed by atoms with Crippen LogP contribution in [0.3, 0.4) is 0 Å². The normalized spacial score (nSPS) is 12.3. The van der Waals surface area contributed by atoms with Crippen molar-refractivity contribution in [1.82, 2.24) is 24.5 Å². The lowest BCUT2D eigenvalue weighted by Gasteiger charge is -2.17. The Kier molecular flexibility index (Phi) is 6.17. The van der Waals surface area contributed by atoms with Crippen molar-refractivity contribution in [3.8, 4) is 22.5 Å². The smallest absolute Gasteiger partial charge is 0.240 e. The van der Waals surface area contributed by atoms with E-state index in [9.17, 15) is 13.5 Å². The summed E-state index contributed by atoms with van der Waals surface area (Å²) in [6, 6.07) is 4.84. The first-order chi connectivity index (χ1) is 14.4. The van der Waals surface area contributed by atoms with Gasteiger partial charge in [0.2, 0.25) is 10.0 Å². The minimum absolute atomic E-state index is 0.113. The Morgan fingerprint density at radius 1 is 1.23 bits per heavy atom. The van der Waals surface area contributed by atoms with Gasteiger partial charge in [-0.2, -0.15) is 5.10 Å². The molecule has 3 rings (SSSR count). The minimum Gasteiger partial charge on any atom is -0.390 e. The number of benzene rings is 1. The van der Waals surface area contributed by atoms with Crippen molar-refractivity contribution in [3.63, 3.8) is 0 Å². The summed E-state index contributed by atoms with van der Waals surface area (Å²) in [4.78, 5) is 9.07. The van der Waals surface area contributed by atoms with Crippen molar-refractivity contribution in [2.75, 3.05) is 12.3 Å². The summed E-state index contributed by atoms with van der Waals surface area (Å²) in [6.45, 7) is 7.13. The molecule has 1 aromatic carbocycles. The van der Waals surface area contributed by atoms with E-state index in [1.807, 2.05) is 27.1 Å². The number of nitrogen functional groups attached to an aromatic ring is 1. The zero-order valence-electron chi connectivity index (χ0n) is 18.3. The fraction of sp³-hybridized carbons (Fsp3) is 0.381. The average Bonchev–Trinajstić information content (AvgIpc) is 2.99. The number of hydrogen-bond donors (Lipinski definition) is 3. The van der Waals surface area contributed by atoms with Gasteiger partial charge in [-0.25, -0.2) is 23.1 Å². The molecule has 0 fully saturated rings. The zero-order chi connectivity index (χ0) is 23.0. The number of sulfonamides is 1. The molecule has 0 bridgehead atoms. The Bertz CT molecular complexity index is 1210. The molecule has 0 unspecified atom stereocenters. The van der Waals surface area contributed by atoms with Gasteiger partial charge >= 0.3 is 0 Å². The highest BCUT2D eigenvalue weighted by Crippen LogP contribution is 2.30. The number of aryl methyl sites for hydroxylation is 3. The maximum absolute atomic E-state index is 12.7. The Morgan fingerprint density at radius 3 is 2.55 bits per heavy atom. The van der Waals surface area contributed by atoms with Crippen LogP contribution in [0.1, 0.15) is 31.5 Å². The van der Waals surface area contributed by atoms with Gasteiger partial charge in [0, 0.05) is 30.9 Å². The third-order valence-corrected chi connectivity index (χ3v) is 6.35. The summed E-state index contributed by atoms with van der Waals surface area (Å²) >= 11 is 0. The van der Waals surface area contributed by atoms with Crippen LogP contribution in [-0.4, -0.2) is 45.4 Å². The molecule has 2 aromatic heterocycles. The van der Waals surface area contributed by atoms with E-state index in [0.29, 0.717) is 23.4 Å². The largest absolute Gasteiger partial charge is 0.390 e. The van der Waals surface area contributed by atoms with E-state index in [1.165, 1.54) is 6.20 Å². The van der Waals surface area contributed by atoms with E-state index >= 15 is 0 Å². The molecule has 166 valence electrons. The molecule has 2 heterocycles. The second-order valence-corrected chi connectivity index (χ2v) is 9.99. The van der Waals surface area contributed by atoms with E-state index in [2.05, 4.69) is 19.8 Å². The predicted octanol–water partition coefficient (Wildman–Crippen LogP) is 2.18. The quantitative estimate of drug-likeness (QED) is 0.508. The van der Waals surface area contributed by atoms with Crippen LogP contribution < -0.4 is 10.5 Å². The third kappa shape index (κ3) is 5.27. The zero-order valence-corrected chi connectivity index (χ0v) is 19.2. The monoisotopic (exact) mass is 444 g/mol. The van der Waals surface area contributed by atoms with Crippen LogP contribution in [-0.2, 0) is 17.1 Å². The fourth-order valence-electron chi connectivity index (χ4n) is 3.18. The molecule has 31 heavy (non-hydrogen) atoms. The Labute approximate surface area is 182 Å². The number of aliphatic hydroxyl groups is 1. The highest BCUT2D eigenvalue weighted by Gasteiger charge is 2.20. The SMILES string of the molecule is Cc1ccc(S(=O)(=O)NCCC(C)(C)O)cc1-c1cnc(N)c(-c2cn(C)nc2C)n1. The number of hydrogen-bond acceptors (Lipinski definition) is 7. The standard InChI is InChI=1S/C21H28N6O3S/c1-13-6-7-15(31(29,30)24-9-8-21(3,4)28)10-16(13)18-11-23-20(22)19(25-18)17-12-27(5)26-14(17)2/h6-7,10-12,24,28H,8-9H2,1-5H3,(H2,22,23). The van der Waals surface area contributed by atoms with Gasteiger partial charge in [0.15, 0.2) is 0 Å². The molecule has 9 nitrogen and oxygen atoms in total. The summed E-state index contributed by atoms with van der Waals surface area (Å²) in [5.74, 6) is 0.273. The van der Waals surface area contributed by atoms with Crippen LogP contribution in [0.5, 0.6) is 0 Å². The first-order valence-corrected chi connectivity index (χ1v) is 11.3. The molecule has 3 aromatic rings. The van der Waals surface area contributed by atoms with Gasteiger partial charge in [-0.15, -0.1) is 0 Å². The van der Waals surface area contributed by atoms with E-state index in [4.69, 9.17) is 5.73 Å². The molecule has 10 heteroatoms. The van der Waals surface area contributed by atoms with Gasteiger partial charge in [-0.1, -0.05) is 6.07 Å². The molecule has 0 spiro atoms. The molecule has 0 aliphatic rings. The lowest BCUT2D eigenvalue weighted by Crippen LogP contribution is -2.30. The highest BCUT2D eigenvalue weighted by atomic mass is 32.2. The van der Waals surface area contributed by atoms with Crippen LogP contribution in [0.2, 0.25) is 0 Å². The third-order valence-electron chi connectivity index (χ3n) is 4.89. The number of aromatic nitrogens is 4. The molecule has 0 saturated heterocycles. The van der Waals surface area contributed by atoms with Crippen molar-refractivity contribution in [3.05, 3.63) is 41.9 Å². The first-order valence-electron chi connectivity index (χ1n) is 9.83. The van der Waals surface area contributed by atoms with Crippen LogP contribution in [0, 0.1) is 13.8 Å². The molecule has 4 N–H and O–H groups in total. The first kappa shape index (κ1) is 22.9. The maximum atomic E-state index is 12.7. The van der Waals surface area contributed by atoms with Gasteiger partial charge < -0.3 is 10.8 Å². The van der Waals surface area contributed by atoms with Crippen molar-refractivity contribution in [2.45, 2.75) is 44.6 Å². The van der Waals surface area contributed by atoms with E-state index in [1.54, 1.807) is 36.7 Å². The van der Waals surface area contributed by atoms with Crippen molar-refractivity contribution in [1.29, 1.82) is 0 Å². The average molecular weight is 445 g/mol. The van der Waals surface area contributed by atoms with Crippen LogP contribution in [0.4, 0.5) is 5.82 Å². The maximum Gasteiger partial charge on any atom is 0.240 e. The number of nitrogens with zero attached hydrogens (tertiary/aromatic N) is 4. The molecular weight excluding hydrogens is 416 g/mol. The van der Waals surface area contributed by atoms with Crippen molar-refractivity contribution >= 4 is 15.8 Å². The highest BCUT2D eigenvalue weighted by molar-refractivity contribution is 7.89. The lowest BCUT2D eigenvalue weighted by molar-refractivity contribution is 0.0728. The Balaban J connectivity index is 1.99. The van der Waals surface area contributed by atoms with Gasteiger partial charge in [-0.05, 0) is 51.8 Å². The second kappa shape index (κ2) is 8.37. The number of rotatable bonds is 7. The number of nitrogens with two attached hydrogens (primary N) is 1. The molecule has 0 aliphatic carbocycles. The van der Waals surface area contributed by atoms with Gasteiger partial charge in [0.25, 0.3) is 0 Å². The van der Waals surface area contributed by atoms with E-state index < -0.39 is 15.6 Å². The summed E-state index contributed by atoms with van der Waals surface area (Å²) in [7, 11) is -1.94. The molecule has 0 saturated carbocycles. The Morgan fingerprint density at radius 2 is 1.94 bits per heavy atom. The molecule has 0 amide bonds. The summed E-state index contributed by atoms with van der Waals surface area (Å²) in [6.07, 6.45) is 3.65. The van der Waals surface area contributed by atoms with Gasteiger partial charge in [0.05, 0.1) is 28.1 Å². The van der Waals surface area contributed by atoms with Crippen molar-refractivity contribution < 1.29 is 13.5 Å². The molecule has 0 atom stereocenters. The van der Waals surface area contributed by atoms with Gasteiger partial charge in [-0.3, -0.25) is 4.68 Å². The van der Waals surface area contributed by atoms with Crippen LogP contribution >= 0.6 is 0 Å².